The zero-order valence-electron chi connectivity index (χ0n) is 19.8. The first-order chi connectivity index (χ1) is 16.3. The fourth-order valence-corrected chi connectivity index (χ4v) is 8.96. The molecule has 2 aromatic carbocycles. The Bertz CT molecular complexity index is 1230. The molecular weight excluding hydrogens is 448 g/mol. The van der Waals surface area contributed by atoms with Crippen molar-refractivity contribution >= 4 is 15.8 Å². The van der Waals surface area contributed by atoms with Crippen molar-refractivity contribution in [2.24, 2.45) is 5.92 Å². The predicted octanol–water partition coefficient (Wildman–Crippen LogP) is 3.15. The minimum atomic E-state index is -3.51. The molecule has 5 atom stereocenters. The number of likely N-dealkylation sites (tertiary alicyclic amines) is 1. The van der Waals surface area contributed by atoms with Crippen LogP contribution in [0.4, 0.5) is 0 Å². The standard InChI is InChI=1S/C27H32N2O4S/c1-18(30)16-29-14-13-27-21-11-12-22(28(2)34(31,32)17-19-7-4-3-5-8-19)26(27)33-24-10-6-9-20(25(24)27)15-23(21)29/h3-10,21-23,26H,11-17H2,1-2H3/t21-,22+,23+,26-,27-/m0/s1. The van der Waals surface area contributed by atoms with Crippen LogP contribution in [0, 0.1) is 5.92 Å². The Morgan fingerprint density at radius 3 is 2.71 bits per heavy atom. The van der Waals surface area contributed by atoms with Gasteiger partial charge in [-0.3, -0.25) is 9.69 Å². The van der Waals surface area contributed by atoms with Crippen LogP contribution < -0.4 is 4.74 Å². The average molecular weight is 481 g/mol. The van der Waals surface area contributed by atoms with E-state index in [9.17, 15) is 13.2 Å². The number of hydrogen-bond donors (Lipinski definition) is 0. The van der Waals surface area contributed by atoms with Crippen molar-refractivity contribution < 1.29 is 17.9 Å². The SMILES string of the molecule is CC(=O)CN1CC[C@]23c4c5cccc4O[C@H]2[C@H](N(C)S(=O)(=O)Cc2ccccc2)CC[C@H]3[C@H]1C5. The van der Waals surface area contributed by atoms with E-state index in [1.807, 2.05) is 30.3 Å². The van der Waals surface area contributed by atoms with Crippen LogP contribution >= 0.6 is 0 Å². The number of Topliss-reactive ketones (excluding diaryl/α,β-unsaturated/α-hetero) is 1. The molecule has 2 aliphatic carbocycles. The van der Waals surface area contributed by atoms with E-state index in [1.54, 1.807) is 18.3 Å². The van der Waals surface area contributed by atoms with Crippen molar-refractivity contribution in [1.82, 2.24) is 9.21 Å². The summed E-state index contributed by atoms with van der Waals surface area (Å²) in [6.07, 6.45) is 3.36. The Balaban J connectivity index is 1.37. The van der Waals surface area contributed by atoms with E-state index in [0.29, 0.717) is 18.5 Å². The molecule has 0 aromatic heterocycles. The number of hydrogen-bond acceptors (Lipinski definition) is 5. The number of benzene rings is 2. The molecule has 7 heteroatoms. The number of likely N-dealkylation sites (N-methyl/N-ethyl adjacent to an activating group) is 1. The number of rotatable bonds is 6. The molecule has 6 rings (SSSR count). The summed E-state index contributed by atoms with van der Waals surface area (Å²) in [7, 11) is -1.77. The fraction of sp³-hybridized carbons (Fsp3) is 0.519. The van der Waals surface area contributed by atoms with Gasteiger partial charge in [-0.1, -0.05) is 42.5 Å². The van der Waals surface area contributed by atoms with Gasteiger partial charge in [0, 0.05) is 24.1 Å². The highest BCUT2D eigenvalue weighted by Gasteiger charge is 2.66. The van der Waals surface area contributed by atoms with E-state index in [2.05, 4.69) is 23.1 Å². The number of carbonyl (C=O) groups is 1. The van der Waals surface area contributed by atoms with Crippen molar-refractivity contribution in [2.45, 2.75) is 62.0 Å². The van der Waals surface area contributed by atoms with Gasteiger partial charge in [0.15, 0.2) is 0 Å². The lowest BCUT2D eigenvalue weighted by molar-refractivity contribution is -0.122. The highest BCUT2D eigenvalue weighted by Crippen LogP contribution is 2.62. The average Bonchev–Trinajstić information content (AvgIpc) is 3.14. The zero-order chi connectivity index (χ0) is 23.7. The molecule has 0 amide bonds. The van der Waals surface area contributed by atoms with Crippen LogP contribution in [0.2, 0.25) is 0 Å². The minimum absolute atomic E-state index is 0.00278. The lowest BCUT2D eigenvalue weighted by Crippen LogP contribution is -2.69. The molecule has 1 saturated heterocycles. The zero-order valence-corrected chi connectivity index (χ0v) is 20.6. The molecule has 2 aliphatic heterocycles. The molecule has 2 bridgehead atoms. The first-order valence-electron chi connectivity index (χ1n) is 12.3. The second kappa shape index (κ2) is 7.90. The summed E-state index contributed by atoms with van der Waals surface area (Å²) >= 11 is 0. The minimum Gasteiger partial charge on any atom is -0.487 e. The third-order valence-electron chi connectivity index (χ3n) is 8.82. The van der Waals surface area contributed by atoms with Crippen molar-refractivity contribution in [3.05, 3.63) is 65.2 Å². The van der Waals surface area contributed by atoms with E-state index in [-0.39, 0.29) is 29.1 Å². The van der Waals surface area contributed by atoms with Gasteiger partial charge in [0.2, 0.25) is 10.0 Å². The van der Waals surface area contributed by atoms with Crippen LogP contribution in [-0.2, 0) is 32.4 Å². The second-order valence-electron chi connectivity index (χ2n) is 10.6. The fourth-order valence-electron chi connectivity index (χ4n) is 7.52. The van der Waals surface area contributed by atoms with Crippen LogP contribution in [0.3, 0.4) is 0 Å². The van der Waals surface area contributed by atoms with Gasteiger partial charge < -0.3 is 4.74 Å². The Morgan fingerprint density at radius 2 is 1.94 bits per heavy atom. The molecule has 2 fully saturated rings. The van der Waals surface area contributed by atoms with Crippen molar-refractivity contribution in [3.63, 3.8) is 0 Å². The summed E-state index contributed by atoms with van der Waals surface area (Å²) in [6.45, 7) is 3.01. The van der Waals surface area contributed by atoms with E-state index >= 15 is 0 Å². The van der Waals surface area contributed by atoms with Crippen LogP contribution in [0.1, 0.15) is 42.9 Å². The highest BCUT2D eigenvalue weighted by molar-refractivity contribution is 7.88. The summed E-state index contributed by atoms with van der Waals surface area (Å²) in [6, 6.07) is 15.8. The van der Waals surface area contributed by atoms with Crippen molar-refractivity contribution in [3.8, 4) is 5.75 Å². The molecule has 0 unspecified atom stereocenters. The smallest absolute Gasteiger partial charge is 0.218 e. The third-order valence-corrected chi connectivity index (χ3v) is 10.7. The van der Waals surface area contributed by atoms with Crippen LogP contribution in [0.15, 0.2) is 48.5 Å². The Labute approximate surface area is 201 Å². The number of piperidine rings is 1. The molecule has 4 aliphatic rings. The lowest BCUT2D eigenvalue weighted by Gasteiger charge is -2.60. The molecule has 1 saturated carbocycles. The number of nitrogens with zero attached hydrogens (tertiary/aromatic N) is 2. The number of ketones is 1. The quantitative estimate of drug-likeness (QED) is 0.636. The molecule has 6 nitrogen and oxygen atoms in total. The molecule has 0 radical (unpaired) electrons. The van der Waals surface area contributed by atoms with Gasteiger partial charge in [-0.15, -0.1) is 0 Å². The highest BCUT2D eigenvalue weighted by atomic mass is 32.2. The van der Waals surface area contributed by atoms with Gasteiger partial charge in [-0.2, -0.15) is 4.31 Å². The summed E-state index contributed by atoms with van der Waals surface area (Å²) in [5, 5.41) is 0. The summed E-state index contributed by atoms with van der Waals surface area (Å²) < 4.78 is 35.3. The summed E-state index contributed by atoms with van der Waals surface area (Å²) in [5.41, 5.74) is 3.25. The summed E-state index contributed by atoms with van der Waals surface area (Å²) in [5.74, 6) is 1.52. The van der Waals surface area contributed by atoms with E-state index in [0.717, 1.165) is 43.5 Å². The molecule has 0 N–H and O–H groups in total. The maximum absolute atomic E-state index is 13.5. The van der Waals surface area contributed by atoms with Crippen LogP contribution in [0.5, 0.6) is 5.75 Å². The molecule has 1 spiro atoms. The van der Waals surface area contributed by atoms with E-state index in [1.165, 1.54) is 11.1 Å². The Kier molecular flexibility index (Phi) is 5.17. The van der Waals surface area contributed by atoms with Gasteiger partial charge in [0.25, 0.3) is 0 Å². The number of carbonyl (C=O) groups excluding carboxylic acids is 1. The second-order valence-corrected chi connectivity index (χ2v) is 12.6. The largest absolute Gasteiger partial charge is 0.487 e. The molecular formula is C27H32N2O4S. The van der Waals surface area contributed by atoms with Crippen molar-refractivity contribution in [1.29, 1.82) is 0 Å². The number of ether oxygens (including phenoxy) is 1. The van der Waals surface area contributed by atoms with Gasteiger partial charge in [0.05, 0.1) is 18.3 Å². The molecule has 2 heterocycles. The van der Waals surface area contributed by atoms with Crippen LogP contribution in [0.25, 0.3) is 0 Å². The molecule has 180 valence electrons. The third kappa shape index (κ3) is 3.20. The van der Waals surface area contributed by atoms with Crippen LogP contribution in [-0.4, -0.2) is 61.7 Å². The Morgan fingerprint density at radius 1 is 1.15 bits per heavy atom. The first kappa shape index (κ1) is 22.3. The monoisotopic (exact) mass is 480 g/mol. The maximum atomic E-state index is 13.5. The Hall–Kier alpha value is -2.22. The molecule has 34 heavy (non-hydrogen) atoms. The first-order valence-corrected chi connectivity index (χ1v) is 13.9. The van der Waals surface area contributed by atoms with Gasteiger partial charge in [-0.05, 0) is 62.3 Å². The van der Waals surface area contributed by atoms with E-state index < -0.39 is 10.0 Å². The topological polar surface area (TPSA) is 66.9 Å². The van der Waals surface area contributed by atoms with Crippen molar-refractivity contribution in [2.75, 3.05) is 20.1 Å². The van der Waals surface area contributed by atoms with Gasteiger partial charge >= 0.3 is 0 Å². The summed E-state index contributed by atoms with van der Waals surface area (Å²) in [4.78, 5) is 14.4. The van der Waals surface area contributed by atoms with Gasteiger partial charge in [0.1, 0.15) is 17.6 Å². The molecule has 2 aromatic rings. The number of sulfonamides is 1. The predicted molar refractivity (Wildman–Crippen MR) is 130 cm³/mol. The van der Waals surface area contributed by atoms with E-state index in [4.69, 9.17) is 4.74 Å². The van der Waals surface area contributed by atoms with Gasteiger partial charge in [-0.25, -0.2) is 8.42 Å². The maximum Gasteiger partial charge on any atom is 0.218 e. The lowest BCUT2D eigenvalue weighted by atomic mass is 9.51. The normalized spacial score (nSPS) is 31.7.